The number of hydrogen-bond donors (Lipinski definition) is 1. The summed E-state index contributed by atoms with van der Waals surface area (Å²) >= 11 is 12.5. The van der Waals surface area contributed by atoms with Gasteiger partial charge in [-0.25, -0.2) is 8.42 Å². The van der Waals surface area contributed by atoms with E-state index in [2.05, 4.69) is 5.32 Å². The molecule has 1 atom stereocenters. The Labute approximate surface area is 287 Å². The number of nitrogens with zero attached hydrogens (tertiary/aromatic N) is 2. The Morgan fingerprint density at radius 3 is 2.13 bits per heavy atom. The van der Waals surface area contributed by atoms with Crippen LogP contribution in [0.5, 0.6) is 0 Å². The zero-order valence-corrected chi connectivity index (χ0v) is 28.6. The first kappa shape index (κ1) is 34.5. The van der Waals surface area contributed by atoms with Gasteiger partial charge in [0.05, 0.1) is 20.6 Å². The van der Waals surface area contributed by atoms with E-state index < -0.39 is 28.5 Å². The first-order valence-corrected chi connectivity index (χ1v) is 18.0. The lowest BCUT2D eigenvalue weighted by molar-refractivity contribution is -0.140. The highest BCUT2D eigenvalue weighted by Crippen LogP contribution is 2.31. The minimum atomic E-state index is -4.24. The third-order valence-electron chi connectivity index (χ3n) is 8.63. The van der Waals surface area contributed by atoms with E-state index in [0.717, 1.165) is 53.1 Å². The monoisotopic (exact) mass is 691 g/mol. The zero-order chi connectivity index (χ0) is 33.4. The van der Waals surface area contributed by atoms with Crippen molar-refractivity contribution in [2.24, 2.45) is 0 Å². The summed E-state index contributed by atoms with van der Waals surface area (Å²) in [6.45, 7) is 1.50. The molecule has 5 rings (SSSR count). The van der Waals surface area contributed by atoms with Gasteiger partial charge in [-0.2, -0.15) is 0 Å². The first-order valence-electron chi connectivity index (χ1n) is 15.8. The molecule has 7 nitrogen and oxygen atoms in total. The smallest absolute Gasteiger partial charge is 0.264 e. The van der Waals surface area contributed by atoms with Crippen LogP contribution in [0.2, 0.25) is 10.0 Å². The molecule has 10 heteroatoms. The maximum Gasteiger partial charge on any atom is 0.264 e. The summed E-state index contributed by atoms with van der Waals surface area (Å²) < 4.78 is 29.4. The van der Waals surface area contributed by atoms with Crippen LogP contribution in [-0.4, -0.2) is 43.8 Å². The summed E-state index contributed by atoms with van der Waals surface area (Å²) in [4.78, 5) is 30.4. The molecule has 0 aliphatic heterocycles. The number of amides is 2. The van der Waals surface area contributed by atoms with E-state index in [1.165, 1.54) is 35.2 Å². The molecule has 0 heterocycles. The Morgan fingerprint density at radius 1 is 0.830 bits per heavy atom. The molecule has 0 saturated heterocycles. The van der Waals surface area contributed by atoms with Gasteiger partial charge < -0.3 is 10.2 Å². The largest absolute Gasteiger partial charge is 0.352 e. The summed E-state index contributed by atoms with van der Waals surface area (Å²) in [5.74, 6) is -0.784. The Balaban J connectivity index is 1.58. The fourth-order valence-electron chi connectivity index (χ4n) is 5.96. The number of sulfonamides is 1. The quantitative estimate of drug-likeness (QED) is 0.166. The molecule has 1 aliphatic carbocycles. The maximum atomic E-state index is 14.7. The predicted octanol–water partition coefficient (Wildman–Crippen LogP) is 7.59. The van der Waals surface area contributed by atoms with Crippen LogP contribution in [0.4, 0.5) is 5.69 Å². The lowest BCUT2D eigenvalue weighted by Gasteiger charge is -2.35. The molecule has 0 bridgehead atoms. The van der Waals surface area contributed by atoms with Crippen LogP contribution in [0, 0.1) is 6.92 Å². The normalized spacial score (nSPS) is 14.3. The molecule has 0 aromatic heterocycles. The second-order valence-electron chi connectivity index (χ2n) is 11.9. The van der Waals surface area contributed by atoms with Crippen LogP contribution in [0.1, 0.15) is 48.8 Å². The summed E-state index contributed by atoms with van der Waals surface area (Å²) in [7, 11) is -4.24. The molecule has 1 fully saturated rings. The van der Waals surface area contributed by atoms with E-state index in [4.69, 9.17) is 23.2 Å². The van der Waals surface area contributed by atoms with E-state index in [0.29, 0.717) is 0 Å². The Morgan fingerprint density at radius 2 is 1.47 bits per heavy atom. The summed E-state index contributed by atoms with van der Waals surface area (Å²) in [6.07, 6.45) is 5.24. The van der Waals surface area contributed by atoms with Gasteiger partial charge in [0, 0.05) is 19.0 Å². The van der Waals surface area contributed by atoms with Crippen molar-refractivity contribution in [2.75, 3.05) is 10.8 Å². The number of benzene rings is 4. The van der Waals surface area contributed by atoms with Gasteiger partial charge in [0.2, 0.25) is 11.8 Å². The molecule has 246 valence electrons. The Kier molecular flexibility index (Phi) is 11.6. The Bertz CT molecular complexity index is 1780. The van der Waals surface area contributed by atoms with Crippen LogP contribution in [-0.2, 0) is 32.6 Å². The summed E-state index contributed by atoms with van der Waals surface area (Å²) in [5.41, 5.74) is 2.88. The fraction of sp³-hybridized carbons (Fsp3) is 0.297. The number of halogens is 2. The number of carbonyl (C=O) groups excluding carboxylic acids is 2. The Hall–Kier alpha value is -3.85. The van der Waals surface area contributed by atoms with Gasteiger partial charge in [0.15, 0.2) is 0 Å². The third-order valence-corrected chi connectivity index (χ3v) is 11.2. The second-order valence-corrected chi connectivity index (χ2v) is 14.6. The van der Waals surface area contributed by atoms with E-state index in [-0.39, 0.29) is 45.5 Å². The van der Waals surface area contributed by atoms with Crippen LogP contribution in [0.3, 0.4) is 0 Å². The van der Waals surface area contributed by atoms with Crippen molar-refractivity contribution in [3.05, 3.63) is 130 Å². The SMILES string of the molecule is Cc1ccccc1CN(C(=O)CN(c1ccc(Cl)c(Cl)c1)S(=O)(=O)c1ccccc1)[C@H](Cc1ccccc1)C(=O)NC1CCCCC1. The van der Waals surface area contributed by atoms with E-state index in [9.17, 15) is 18.0 Å². The molecule has 1 aliphatic rings. The van der Waals surface area contributed by atoms with Gasteiger partial charge in [-0.15, -0.1) is 0 Å². The van der Waals surface area contributed by atoms with Crippen molar-refractivity contribution in [3.8, 4) is 0 Å². The standard InChI is InChI=1S/C37H39Cl2N3O4S/c1-27-13-11-12-16-29(27)25-41(35(23-28-14-5-2-6-15-28)37(44)40-30-17-7-3-8-18-30)36(43)26-42(31-21-22-33(38)34(39)24-31)47(45,46)32-19-9-4-10-20-32/h2,4-6,9-16,19-22,24,30,35H,3,7-8,17-18,23,25-26H2,1H3,(H,40,44)/t35-/m1/s1. The van der Waals surface area contributed by atoms with E-state index >= 15 is 0 Å². The van der Waals surface area contributed by atoms with Gasteiger partial charge in [0.25, 0.3) is 10.0 Å². The zero-order valence-electron chi connectivity index (χ0n) is 26.3. The molecular weight excluding hydrogens is 653 g/mol. The van der Waals surface area contributed by atoms with Crippen molar-refractivity contribution in [2.45, 2.75) is 69.0 Å². The van der Waals surface area contributed by atoms with Crippen molar-refractivity contribution < 1.29 is 18.0 Å². The van der Waals surface area contributed by atoms with Gasteiger partial charge in [-0.3, -0.25) is 13.9 Å². The highest BCUT2D eigenvalue weighted by atomic mass is 35.5. The molecular formula is C37H39Cl2N3O4S. The lowest BCUT2D eigenvalue weighted by atomic mass is 9.94. The van der Waals surface area contributed by atoms with Crippen molar-refractivity contribution in [3.63, 3.8) is 0 Å². The average Bonchev–Trinajstić information content (AvgIpc) is 3.08. The minimum absolute atomic E-state index is 0.0141. The van der Waals surface area contributed by atoms with Crippen molar-refractivity contribution in [1.82, 2.24) is 10.2 Å². The van der Waals surface area contributed by atoms with Crippen molar-refractivity contribution >= 4 is 50.7 Å². The molecule has 1 N–H and O–H groups in total. The molecule has 2 amide bonds. The van der Waals surface area contributed by atoms with Crippen LogP contribution < -0.4 is 9.62 Å². The molecule has 4 aromatic rings. The van der Waals surface area contributed by atoms with Gasteiger partial charge in [0.1, 0.15) is 12.6 Å². The molecule has 0 spiro atoms. The molecule has 0 unspecified atom stereocenters. The molecule has 1 saturated carbocycles. The second kappa shape index (κ2) is 15.8. The third kappa shape index (κ3) is 8.74. The van der Waals surface area contributed by atoms with Crippen LogP contribution in [0.25, 0.3) is 0 Å². The van der Waals surface area contributed by atoms with Crippen LogP contribution in [0.15, 0.2) is 108 Å². The number of carbonyl (C=O) groups is 2. The number of anilines is 1. The van der Waals surface area contributed by atoms with Gasteiger partial charge in [-0.05, 0) is 66.8 Å². The van der Waals surface area contributed by atoms with Crippen molar-refractivity contribution in [1.29, 1.82) is 0 Å². The van der Waals surface area contributed by atoms with E-state index in [1.54, 1.807) is 18.2 Å². The summed E-state index contributed by atoms with van der Waals surface area (Å²) in [6, 6.07) is 28.7. The van der Waals surface area contributed by atoms with E-state index in [1.807, 2.05) is 61.5 Å². The number of rotatable bonds is 12. The highest BCUT2D eigenvalue weighted by molar-refractivity contribution is 7.92. The lowest BCUT2D eigenvalue weighted by Crippen LogP contribution is -2.55. The summed E-state index contributed by atoms with van der Waals surface area (Å²) in [5, 5.41) is 3.63. The topological polar surface area (TPSA) is 86.8 Å². The fourth-order valence-corrected chi connectivity index (χ4v) is 7.68. The molecule has 4 aromatic carbocycles. The number of nitrogens with one attached hydrogen (secondary N) is 1. The maximum absolute atomic E-state index is 14.7. The number of hydrogen-bond acceptors (Lipinski definition) is 4. The van der Waals surface area contributed by atoms with Gasteiger partial charge in [-0.1, -0.05) is 115 Å². The molecule has 47 heavy (non-hydrogen) atoms. The van der Waals surface area contributed by atoms with Crippen LogP contribution >= 0.6 is 23.2 Å². The first-order chi connectivity index (χ1) is 22.6. The predicted molar refractivity (Wildman–Crippen MR) is 188 cm³/mol. The minimum Gasteiger partial charge on any atom is -0.352 e. The van der Waals surface area contributed by atoms with Gasteiger partial charge >= 0.3 is 0 Å². The molecule has 0 radical (unpaired) electrons. The number of aryl methyl sites for hydroxylation is 1. The highest BCUT2D eigenvalue weighted by Gasteiger charge is 2.35. The average molecular weight is 693 g/mol.